The van der Waals surface area contributed by atoms with Crippen LogP contribution in [0.5, 0.6) is 0 Å². The van der Waals surface area contributed by atoms with Gasteiger partial charge in [0.25, 0.3) is 0 Å². The average molecular weight is 348 g/mol. The molecule has 0 saturated heterocycles. The maximum Gasteiger partial charge on any atom is 0.189 e. The van der Waals surface area contributed by atoms with Crippen molar-refractivity contribution in [3.05, 3.63) is 11.6 Å². The molecule has 138 valence electrons. The van der Waals surface area contributed by atoms with E-state index in [1.54, 1.807) is 6.08 Å². The predicted octanol–water partition coefficient (Wildman–Crippen LogP) is 1.39. The number of aliphatic hydroxyl groups excluding tert-OH is 2. The maximum absolute atomic E-state index is 12.2. The van der Waals surface area contributed by atoms with Crippen molar-refractivity contribution in [3.63, 3.8) is 0 Å². The summed E-state index contributed by atoms with van der Waals surface area (Å²) in [5, 5.41) is 31.2. The minimum Gasteiger partial charge on any atom is -0.393 e. The lowest BCUT2D eigenvalue weighted by molar-refractivity contribution is -0.157. The first-order chi connectivity index (χ1) is 11.8. The van der Waals surface area contributed by atoms with E-state index < -0.39 is 24.1 Å². The molecule has 5 nitrogen and oxygen atoms in total. The molecule has 3 saturated carbocycles. The van der Waals surface area contributed by atoms with E-state index in [0.29, 0.717) is 19.3 Å². The van der Waals surface area contributed by atoms with Gasteiger partial charge in [-0.2, -0.15) is 0 Å². The van der Waals surface area contributed by atoms with E-state index in [4.69, 9.17) is 0 Å². The van der Waals surface area contributed by atoms with Crippen LogP contribution in [0.2, 0.25) is 0 Å². The van der Waals surface area contributed by atoms with Crippen LogP contribution in [-0.2, 0) is 9.59 Å². The highest BCUT2D eigenvalue weighted by atomic mass is 16.3. The molecule has 0 bridgehead atoms. The summed E-state index contributed by atoms with van der Waals surface area (Å²) >= 11 is 0. The molecule has 0 aliphatic heterocycles. The Bertz CT molecular complexity index is 640. The molecule has 4 aliphatic rings. The van der Waals surface area contributed by atoms with Crippen molar-refractivity contribution in [1.29, 1.82) is 0 Å². The SMILES string of the molecule is C[C@]12CCC(=O)C=C1CC[C@@H]1C2[C@H](O)CC2[C@H]1CC[C@]2(O)C(=O)CO. The van der Waals surface area contributed by atoms with E-state index in [1.807, 2.05) is 0 Å². The van der Waals surface area contributed by atoms with Crippen LogP contribution in [0.4, 0.5) is 0 Å². The number of allylic oxidation sites excluding steroid dienone is 1. The molecule has 3 N–H and O–H groups in total. The number of Topliss-reactive ketones (excluding diaryl/α,β-unsaturated/α-hetero) is 1. The van der Waals surface area contributed by atoms with Crippen molar-refractivity contribution in [2.45, 2.75) is 63.6 Å². The topological polar surface area (TPSA) is 94.8 Å². The van der Waals surface area contributed by atoms with Gasteiger partial charge in [0, 0.05) is 12.3 Å². The summed E-state index contributed by atoms with van der Waals surface area (Å²) in [6.07, 6.45) is 5.88. The van der Waals surface area contributed by atoms with Crippen LogP contribution < -0.4 is 0 Å². The normalized spacial score (nSPS) is 49.0. The van der Waals surface area contributed by atoms with E-state index >= 15 is 0 Å². The van der Waals surface area contributed by atoms with Gasteiger partial charge < -0.3 is 15.3 Å². The fourth-order valence-electron chi connectivity index (χ4n) is 6.78. The molecule has 0 aromatic carbocycles. The summed E-state index contributed by atoms with van der Waals surface area (Å²) < 4.78 is 0. The third kappa shape index (κ3) is 2.32. The molecule has 0 heterocycles. The van der Waals surface area contributed by atoms with Crippen LogP contribution in [0, 0.1) is 29.1 Å². The fourth-order valence-corrected chi connectivity index (χ4v) is 6.78. The van der Waals surface area contributed by atoms with Gasteiger partial charge in [-0.1, -0.05) is 12.5 Å². The van der Waals surface area contributed by atoms with Crippen LogP contribution >= 0.6 is 0 Å². The number of hydrogen-bond donors (Lipinski definition) is 3. The Labute approximate surface area is 148 Å². The van der Waals surface area contributed by atoms with Gasteiger partial charge in [0.2, 0.25) is 0 Å². The molecule has 0 radical (unpaired) electrons. The molecular formula is C20H28O5. The number of ketones is 2. The minimum atomic E-state index is -1.48. The average Bonchev–Trinajstić information content (AvgIpc) is 2.92. The Morgan fingerprint density at radius 2 is 2.00 bits per heavy atom. The predicted molar refractivity (Wildman–Crippen MR) is 90.5 cm³/mol. The Balaban J connectivity index is 1.68. The Hall–Kier alpha value is -1.04. The molecule has 3 fully saturated rings. The van der Waals surface area contributed by atoms with Gasteiger partial charge in [0.05, 0.1) is 6.10 Å². The highest BCUT2D eigenvalue weighted by Crippen LogP contribution is 2.63. The molecule has 0 spiro atoms. The molecule has 25 heavy (non-hydrogen) atoms. The maximum atomic E-state index is 12.2. The summed E-state index contributed by atoms with van der Waals surface area (Å²) in [6, 6.07) is 0. The second-order valence-electron chi connectivity index (χ2n) is 8.90. The van der Waals surface area contributed by atoms with Crippen LogP contribution in [0.25, 0.3) is 0 Å². The second-order valence-corrected chi connectivity index (χ2v) is 8.90. The lowest BCUT2D eigenvalue weighted by Crippen LogP contribution is -2.57. The zero-order valence-corrected chi connectivity index (χ0v) is 14.8. The van der Waals surface area contributed by atoms with Crippen LogP contribution in [-0.4, -0.2) is 45.2 Å². The summed E-state index contributed by atoms with van der Waals surface area (Å²) in [5.74, 6) is 0.0000996. The van der Waals surface area contributed by atoms with Gasteiger partial charge in [-0.25, -0.2) is 0 Å². The smallest absolute Gasteiger partial charge is 0.189 e. The van der Waals surface area contributed by atoms with Gasteiger partial charge >= 0.3 is 0 Å². The Morgan fingerprint density at radius 1 is 1.24 bits per heavy atom. The molecule has 7 atom stereocenters. The summed E-state index contributed by atoms with van der Waals surface area (Å²) in [6.45, 7) is 1.54. The van der Waals surface area contributed by atoms with E-state index in [9.17, 15) is 24.9 Å². The first-order valence-electron chi connectivity index (χ1n) is 9.60. The van der Waals surface area contributed by atoms with Crippen molar-refractivity contribution in [2.75, 3.05) is 6.61 Å². The summed E-state index contributed by atoms with van der Waals surface area (Å²) in [7, 11) is 0. The highest BCUT2D eigenvalue weighted by Gasteiger charge is 2.62. The molecular weight excluding hydrogens is 320 g/mol. The lowest BCUT2D eigenvalue weighted by Gasteiger charge is -2.57. The number of aliphatic hydroxyl groups is 3. The second kappa shape index (κ2) is 5.73. The monoisotopic (exact) mass is 348 g/mol. The van der Waals surface area contributed by atoms with Crippen LogP contribution in [0.15, 0.2) is 11.6 Å². The zero-order valence-electron chi connectivity index (χ0n) is 14.8. The van der Waals surface area contributed by atoms with Gasteiger partial charge in [0.15, 0.2) is 11.6 Å². The molecule has 2 unspecified atom stereocenters. The first-order valence-corrected chi connectivity index (χ1v) is 9.60. The summed E-state index contributed by atoms with van der Waals surface area (Å²) in [5.41, 5.74) is -0.449. The van der Waals surface area contributed by atoms with E-state index in [2.05, 4.69) is 6.92 Å². The van der Waals surface area contributed by atoms with Crippen molar-refractivity contribution in [1.82, 2.24) is 0 Å². The Kier molecular flexibility index (Phi) is 3.98. The van der Waals surface area contributed by atoms with Crippen molar-refractivity contribution < 1.29 is 24.9 Å². The van der Waals surface area contributed by atoms with Gasteiger partial charge in [-0.05, 0) is 67.8 Å². The number of hydrogen-bond acceptors (Lipinski definition) is 5. The van der Waals surface area contributed by atoms with Gasteiger partial charge in [-0.3, -0.25) is 9.59 Å². The van der Waals surface area contributed by atoms with E-state index in [-0.39, 0.29) is 34.9 Å². The van der Waals surface area contributed by atoms with E-state index in [1.165, 1.54) is 5.57 Å². The number of fused-ring (bicyclic) bond motifs is 5. The third-order valence-corrected chi connectivity index (χ3v) is 7.98. The van der Waals surface area contributed by atoms with Crippen molar-refractivity contribution in [3.8, 4) is 0 Å². The lowest BCUT2D eigenvalue weighted by atomic mass is 9.48. The quantitative estimate of drug-likeness (QED) is 0.701. The minimum absolute atomic E-state index is 0.0911. The molecule has 0 aromatic rings. The third-order valence-electron chi connectivity index (χ3n) is 7.98. The van der Waals surface area contributed by atoms with Crippen LogP contribution in [0.1, 0.15) is 51.9 Å². The molecule has 4 rings (SSSR count). The number of rotatable bonds is 2. The van der Waals surface area contributed by atoms with Gasteiger partial charge in [-0.15, -0.1) is 0 Å². The molecule has 0 aromatic heterocycles. The number of carbonyl (C=O) groups is 2. The standard InChI is InChI=1S/C20H28O5/c1-19-6-4-12(22)8-11(19)2-3-14-13-5-7-20(25,17(24)10-21)15(13)9-16(23)18(14)19/h8,13-16,18,21,23,25H,2-7,9-10H2,1H3/t13-,14-,15?,16+,18?,19-,20+/m0/s1. The van der Waals surface area contributed by atoms with Gasteiger partial charge in [0.1, 0.15) is 12.2 Å². The highest BCUT2D eigenvalue weighted by molar-refractivity contribution is 5.91. The zero-order chi connectivity index (χ0) is 18.0. The largest absolute Gasteiger partial charge is 0.393 e. The number of carbonyl (C=O) groups excluding carboxylic acids is 2. The van der Waals surface area contributed by atoms with Crippen LogP contribution in [0.3, 0.4) is 0 Å². The fraction of sp³-hybridized carbons (Fsp3) is 0.800. The van der Waals surface area contributed by atoms with E-state index in [0.717, 1.165) is 25.7 Å². The summed E-state index contributed by atoms with van der Waals surface area (Å²) in [4.78, 5) is 24.0. The first kappa shape index (κ1) is 17.4. The Morgan fingerprint density at radius 3 is 2.72 bits per heavy atom. The van der Waals surface area contributed by atoms with Crippen molar-refractivity contribution in [2.24, 2.45) is 29.1 Å². The molecule has 5 heteroatoms. The molecule has 0 amide bonds. The molecule has 4 aliphatic carbocycles. The van der Waals surface area contributed by atoms with Crippen molar-refractivity contribution >= 4 is 11.6 Å².